The van der Waals surface area contributed by atoms with Gasteiger partial charge in [0.15, 0.2) is 0 Å². The molecule has 1 atom stereocenters. The van der Waals surface area contributed by atoms with Crippen LogP contribution in [0.25, 0.3) is 0 Å². The molecule has 3 rings (SSSR count). The molecule has 3 heteroatoms. The first kappa shape index (κ1) is 12.8. The lowest BCUT2D eigenvalue weighted by molar-refractivity contribution is 0.484. The van der Waals surface area contributed by atoms with E-state index in [2.05, 4.69) is 52.9 Å². The highest BCUT2D eigenvalue weighted by Crippen LogP contribution is 2.40. The van der Waals surface area contributed by atoms with Crippen LogP contribution in [0.15, 0.2) is 35.7 Å². The maximum absolute atomic E-state index is 4.52. The maximum atomic E-state index is 4.52. The fraction of sp³-hybridized carbons (Fsp3) is 0.438. The number of hydrogen-bond donors (Lipinski definition) is 1. The summed E-state index contributed by atoms with van der Waals surface area (Å²) in [7, 11) is 0. The molecule has 1 aliphatic rings. The van der Waals surface area contributed by atoms with Crippen LogP contribution in [-0.2, 0) is 6.42 Å². The van der Waals surface area contributed by atoms with E-state index in [4.69, 9.17) is 0 Å². The molecule has 1 fully saturated rings. The lowest BCUT2D eigenvalue weighted by atomic mass is 10.0. The summed E-state index contributed by atoms with van der Waals surface area (Å²) in [5.74, 6) is 0.834. The molecule has 1 aromatic carbocycles. The van der Waals surface area contributed by atoms with Crippen LogP contribution in [0.4, 0.5) is 0 Å². The highest BCUT2D eigenvalue weighted by molar-refractivity contribution is 7.09. The zero-order valence-corrected chi connectivity index (χ0v) is 12.1. The van der Waals surface area contributed by atoms with Crippen molar-refractivity contribution in [2.45, 2.75) is 32.2 Å². The molecule has 0 saturated heterocycles. The van der Waals surface area contributed by atoms with Gasteiger partial charge in [-0.2, -0.15) is 0 Å². The molecule has 0 radical (unpaired) electrons. The molecule has 0 aliphatic heterocycles. The van der Waals surface area contributed by atoms with Crippen molar-refractivity contribution in [3.05, 3.63) is 52.0 Å². The van der Waals surface area contributed by atoms with Crippen molar-refractivity contribution in [2.75, 3.05) is 6.54 Å². The summed E-state index contributed by atoms with van der Waals surface area (Å²) in [6.07, 6.45) is 3.76. The summed E-state index contributed by atoms with van der Waals surface area (Å²) in [5, 5.41) is 7.10. The van der Waals surface area contributed by atoms with E-state index in [0.29, 0.717) is 6.04 Å². The van der Waals surface area contributed by atoms with E-state index in [1.807, 2.05) is 0 Å². The van der Waals surface area contributed by atoms with Crippen molar-refractivity contribution in [1.82, 2.24) is 10.3 Å². The Morgan fingerprint density at radius 3 is 2.74 bits per heavy atom. The van der Waals surface area contributed by atoms with Crippen molar-refractivity contribution in [2.24, 2.45) is 5.92 Å². The quantitative estimate of drug-likeness (QED) is 0.866. The van der Waals surface area contributed by atoms with E-state index < -0.39 is 0 Å². The lowest BCUT2D eigenvalue weighted by Gasteiger charge is -2.18. The van der Waals surface area contributed by atoms with E-state index >= 15 is 0 Å². The third-order valence-electron chi connectivity index (χ3n) is 3.62. The fourth-order valence-corrected chi connectivity index (χ4v) is 3.27. The van der Waals surface area contributed by atoms with E-state index in [-0.39, 0.29) is 0 Å². The topological polar surface area (TPSA) is 24.9 Å². The molecule has 1 aliphatic carbocycles. The standard InChI is InChI=1S/C16H20N2S/c1-12-11-19-15(18-12)9-10-17-16(14-7-8-14)13-5-3-2-4-6-13/h2-6,11,14,16-17H,7-10H2,1H3. The maximum Gasteiger partial charge on any atom is 0.0940 e. The predicted molar refractivity (Wildman–Crippen MR) is 80.5 cm³/mol. The van der Waals surface area contributed by atoms with Gasteiger partial charge in [-0.05, 0) is 31.2 Å². The Kier molecular flexibility index (Phi) is 3.95. The Hall–Kier alpha value is -1.19. The minimum atomic E-state index is 0.530. The largest absolute Gasteiger partial charge is 0.309 e. The minimum absolute atomic E-state index is 0.530. The molecule has 1 N–H and O–H groups in total. The van der Waals surface area contributed by atoms with Crippen molar-refractivity contribution in [1.29, 1.82) is 0 Å². The molecule has 1 unspecified atom stereocenters. The van der Waals surface area contributed by atoms with E-state index in [0.717, 1.165) is 24.6 Å². The smallest absolute Gasteiger partial charge is 0.0940 e. The van der Waals surface area contributed by atoms with Crippen LogP contribution >= 0.6 is 11.3 Å². The lowest BCUT2D eigenvalue weighted by Crippen LogP contribution is -2.25. The number of aryl methyl sites for hydroxylation is 1. The zero-order valence-electron chi connectivity index (χ0n) is 11.3. The molecule has 0 bridgehead atoms. The second kappa shape index (κ2) is 5.85. The summed E-state index contributed by atoms with van der Waals surface area (Å²) < 4.78 is 0. The van der Waals surface area contributed by atoms with Crippen LogP contribution in [0.2, 0.25) is 0 Å². The zero-order chi connectivity index (χ0) is 13.1. The molecule has 0 amide bonds. The molecule has 0 spiro atoms. The highest BCUT2D eigenvalue weighted by atomic mass is 32.1. The van der Waals surface area contributed by atoms with Gasteiger partial charge >= 0.3 is 0 Å². The normalized spacial score (nSPS) is 16.5. The van der Waals surface area contributed by atoms with Crippen molar-refractivity contribution >= 4 is 11.3 Å². The minimum Gasteiger partial charge on any atom is -0.309 e. The number of aromatic nitrogens is 1. The number of thiazole rings is 1. The van der Waals surface area contributed by atoms with E-state index in [1.165, 1.54) is 23.4 Å². The van der Waals surface area contributed by atoms with Gasteiger partial charge in [0.25, 0.3) is 0 Å². The average molecular weight is 272 g/mol. The van der Waals surface area contributed by atoms with Gasteiger partial charge in [0.1, 0.15) is 0 Å². The monoisotopic (exact) mass is 272 g/mol. The van der Waals surface area contributed by atoms with Gasteiger partial charge in [-0.25, -0.2) is 4.98 Å². The van der Waals surface area contributed by atoms with Crippen LogP contribution in [0.1, 0.15) is 35.1 Å². The Morgan fingerprint density at radius 2 is 2.11 bits per heavy atom. The Morgan fingerprint density at radius 1 is 1.32 bits per heavy atom. The summed E-state index contributed by atoms with van der Waals surface area (Å²) in [6, 6.07) is 11.4. The van der Waals surface area contributed by atoms with Crippen molar-refractivity contribution in [3.63, 3.8) is 0 Å². The highest BCUT2D eigenvalue weighted by Gasteiger charge is 2.31. The first-order chi connectivity index (χ1) is 9.33. The van der Waals surface area contributed by atoms with Crippen LogP contribution in [0.3, 0.4) is 0 Å². The number of nitrogens with zero attached hydrogens (tertiary/aromatic N) is 1. The Balaban J connectivity index is 1.57. The molecular formula is C16H20N2S. The molecule has 1 aromatic heterocycles. The first-order valence-electron chi connectivity index (χ1n) is 7.02. The second-order valence-corrected chi connectivity index (χ2v) is 6.26. The summed E-state index contributed by atoms with van der Waals surface area (Å²) >= 11 is 1.77. The van der Waals surface area contributed by atoms with Gasteiger partial charge in [0, 0.05) is 30.1 Å². The fourth-order valence-electron chi connectivity index (χ4n) is 2.50. The molecular weight excluding hydrogens is 252 g/mol. The number of benzene rings is 1. The van der Waals surface area contributed by atoms with Gasteiger partial charge < -0.3 is 5.32 Å². The van der Waals surface area contributed by atoms with E-state index in [1.54, 1.807) is 11.3 Å². The summed E-state index contributed by atoms with van der Waals surface area (Å²) in [5.41, 5.74) is 2.57. The number of hydrogen-bond acceptors (Lipinski definition) is 3. The summed E-state index contributed by atoms with van der Waals surface area (Å²) in [4.78, 5) is 4.52. The molecule has 2 aromatic rings. The van der Waals surface area contributed by atoms with E-state index in [9.17, 15) is 0 Å². The molecule has 100 valence electrons. The van der Waals surface area contributed by atoms with Gasteiger partial charge in [0.2, 0.25) is 0 Å². The number of rotatable bonds is 6. The third-order valence-corrected chi connectivity index (χ3v) is 4.65. The first-order valence-corrected chi connectivity index (χ1v) is 7.90. The Bertz CT molecular complexity index is 517. The number of nitrogens with one attached hydrogen (secondary N) is 1. The molecule has 1 saturated carbocycles. The molecule has 2 nitrogen and oxygen atoms in total. The van der Waals surface area contributed by atoms with Gasteiger partial charge in [-0.15, -0.1) is 11.3 Å². The van der Waals surface area contributed by atoms with Gasteiger partial charge in [-0.3, -0.25) is 0 Å². The van der Waals surface area contributed by atoms with Crippen molar-refractivity contribution in [3.8, 4) is 0 Å². The van der Waals surface area contributed by atoms with Crippen LogP contribution < -0.4 is 5.32 Å². The third kappa shape index (κ3) is 3.43. The average Bonchev–Trinajstić information content (AvgIpc) is 3.19. The van der Waals surface area contributed by atoms with Crippen LogP contribution in [0.5, 0.6) is 0 Å². The summed E-state index contributed by atoms with van der Waals surface area (Å²) in [6.45, 7) is 3.08. The second-order valence-electron chi connectivity index (χ2n) is 5.31. The SMILES string of the molecule is Cc1csc(CCNC(c2ccccc2)C2CC2)n1. The van der Waals surface area contributed by atoms with Crippen molar-refractivity contribution < 1.29 is 0 Å². The molecule has 1 heterocycles. The van der Waals surface area contributed by atoms with Crippen LogP contribution in [-0.4, -0.2) is 11.5 Å². The van der Waals surface area contributed by atoms with Gasteiger partial charge in [-0.1, -0.05) is 30.3 Å². The Labute approximate surface area is 118 Å². The van der Waals surface area contributed by atoms with Crippen LogP contribution in [0, 0.1) is 12.8 Å². The predicted octanol–water partition coefficient (Wildman–Crippen LogP) is 3.73. The molecule has 19 heavy (non-hydrogen) atoms. The van der Waals surface area contributed by atoms with Gasteiger partial charge in [0.05, 0.1) is 5.01 Å².